The van der Waals surface area contributed by atoms with Gasteiger partial charge in [-0.1, -0.05) is 13.8 Å². The van der Waals surface area contributed by atoms with Crippen molar-refractivity contribution in [1.82, 2.24) is 0 Å². The van der Waals surface area contributed by atoms with E-state index in [1.54, 1.807) is 20.3 Å². The van der Waals surface area contributed by atoms with Gasteiger partial charge in [-0.2, -0.15) is 0 Å². The van der Waals surface area contributed by atoms with Crippen LogP contribution in [0.4, 0.5) is 5.69 Å². The molecule has 0 fully saturated rings. The Bertz CT molecular complexity index is 387. The van der Waals surface area contributed by atoms with Gasteiger partial charge in [0.1, 0.15) is 23.0 Å². The second-order valence-electron chi connectivity index (χ2n) is 3.73. The average Bonchev–Trinajstić information content (AvgIpc) is 2.29. The molecule has 0 aliphatic rings. The number of hydrogen-bond donors (Lipinski definition) is 1. The Kier molecular flexibility index (Phi) is 4.17. The van der Waals surface area contributed by atoms with E-state index in [2.05, 4.69) is 4.99 Å². The van der Waals surface area contributed by atoms with Crippen molar-refractivity contribution >= 4 is 11.5 Å². The van der Waals surface area contributed by atoms with Gasteiger partial charge in [-0.3, -0.25) is 0 Å². The minimum absolute atomic E-state index is 0.215. The number of aliphatic imine (C=N–C) groups is 1. The van der Waals surface area contributed by atoms with Crippen molar-refractivity contribution in [2.45, 2.75) is 13.8 Å². The van der Waals surface area contributed by atoms with Gasteiger partial charge in [-0.25, -0.2) is 4.99 Å². The monoisotopic (exact) mass is 222 g/mol. The standard InChI is InChI=1S/C12H18N2O2/c1-8(2)12(13)14-10-6-5-9(15-3)7-11(10)16-4/h5-8H,1-4H3,(H2,13,14). The lowest BCUT2D eigenvalue weighted by atomic mass is 10.2. The number of rotatable bonds is 4. The van der Waals surface area contributed by atoms with Gasteiger partial charge in [-0.15, -0.1) is 0 Å². The zero-order valence-corrected chi connectivity index (χ0v) is 10.2. The van der Waals surface area contributed by atoms with Crippen LogP contribution in [-0.2, 0) is 0 Å². The Labute approximate surface area is 96.1 Å². The lowest BCUT2D eigenvalue weighted by molar-refractivity contribution is 0.395. The van der Waals surface area contributed by atoms with Crippen molar-refractivity contribution in [2.75, 3.05) is 14.2 Å². The minimum atomic E-state index is 0.215. The summed E-state index contributed by atoms with van der Waals surface area (Å²) in [5.74, 6) is 2.19. The second kappa shape index (κ2) is 5.39. The molecule has 2 N–H and O–H groups in total. The Morgan fingerprint density at radius 2 is 1.94 bits per heavy atom. The van der Waals surface area contributed by atoms with E-state index in [9.17, 15) is 0 Å². The number of methoxy groups -OCH3 is 2. The predicted molar refractivity (Wildman–Crippen MR) is 65.7 cm³/mol. The molecule has 0 aliphatic carbocycles. The fourth-order valence-electron chi connectivity index (χ4n) is 1.15. The van der Waals surface area contributed by atoms with Crippen LogP contribution in [0.1, 0.15) is 13.8 Å². The summed E-state index contributed by atoms with van der Waals surface area (Å²) in [5.41, 5.74) is 6.52. The molecular formula is C12H18N2O2. The molecule has 0 spiro atoms. The van der Waals surface area contributed by atoms with Gasteiger partial charge in [0.05, 0.1) is 14.2 Å². The third-order valence-electron chi connectivity index (χ3n) is 2.23. The number of ether oxygens (including phenoxy) is 2. The first-order valence-corrected chi connectivity index (χ1v) is 5.14. The molecule has 0 heterocycles. The van der Waals surface area contributed by atoms with Crippen LogP contribution >= 0.6 is 0 Å². The summed E-state index contributed by atoms with van der Waals surface area (Å²) >= 11 is 0. The molecule has 0 saturated carbocycles. The molecule has 1 rings (SSSR count). The molecule has 0 aliphatic heterocycles. The summed E-state index contributed by atoms with van der Waals surface area (Å²) in [5, 5.41) is 0. The van der Waals surface area contributed by atoms with Gasteiger partial charge in [0.15, 0.2) is 0 Å². The highest BCUT2D eigenvalue weighted by molar-refractivity contribution is 5.85. The van der Waals surface area contributed by atoms with Gasteiger partial charge in [-0.05, 0) is 12.1 Å². The molecule has 4 nitrogen and oxygen atoms in total. The SMILES string of the molecule is COc1ccc(N=C(N)C(C)C)c(OC)c1. The van der Waals surface area contributed by atoms with Crippen molar-refractivity contribution in [3.63, 3.8) is 0 Å². The molecule has 0 bridgehead atoms. The summed E-state index contributed by atoms with van der Waals surface area (Å²) in [7, 11) is 3.21. The zero-order chi connectivity index (χ0) is 12.1. The van der Waals surface area contributed by atoms with Crippen molar-refractivity contribution in [1.29, 1.82) is 0 Å². The first-order valence-electron chi connectivity index (χ1n) is 5.14. The lowest BCUT2D eigenvalue weighted by Crippen LogP contribution is -2.18. The third kappa shape index (κ3) is 2.89. The molecule has 1 aromatic rings. The molecule has 88 valence electrons. The molecule has 0 atom stereocenters. The summed E-state index contributed by atoms with van der Waals surface area (Å²) in [4.78, 5) is 4.32. The van der Waals surface area contributed by atoms with E-state index < -0.39 is 0 Å². The van der Waals surface area contributed by atoms with E-state index in [1.165, 1.54) is 0 Å². The maximum absolute atomic E-state index is 5.81. The fourth-order valence-corrected chi connectivity index (χ4v) is 1.15. The van der Waals surface area contributed by atoms with Gasteiger partial charge in [0, 0.05) is 12.0 Å². The van der Waals surface area contributed by atoms with E-state index in [0.29, 0.717) is 11.6 Å². The first-order chi connectivity index (χ1) is 7.58. The average molecular weight is 222 g/mol. The maximum atomic E-state index is 5.81. The zero-order valence-electron chi connectivity index (χ0n) is 10.2. The molecule has 4 heteroatoms. The molecule has 0 aromatic heterocycles. The third-order valence-corrected chi connectivity index (χ3v) is 2.23. The Balaban J connectivity index is 3.09. The first kappa shape index (κ1) is 12.4. The van der Waals surface area contributed by atoms with E-state index in [4.69, 9.17) is 15.2 Å². The van der Waals surface area contributed by atoms with Crippen LogP contribution in [0.5, 0.6) is 11.5 Å². The van der Waals surface area contributed by atoms with Gasteiger partial charge in [0.25, 0.3) is 0 Å². The van der Waals surface area contributed by atoms with Crippen molar-refractivity contribution in [3.8, 4) is 11.5 Å². The predicted octanol–water partition coefficient (Wildman–Crippen LogP) is 2.35. The summed E-state index contributed by atoms with van der Waals surface area (Å²) < 4.78 is 10.3. The minimum Gasteiger partial charge on any atom is -0.497 e. The Morgan fingerprint density at radius 3 is 2.44 bits per heavy atom. The van der Waals surface area contributed by atoms with Gasteiger partial charge < -0.3 is 15.2 Å². The fraction of sp³-hybridized carbons (Fsp3) is 0.417. The highest BCUT2D eigenvalue weighted by Crippen LogP contribution is 2.31. The van der Waals surface area contributed by atoms with Crippen molar-refractivity contribution in [2.24, 2.45) is 16.6 Å². The van der Waals surface area contributed by atoms with Crippen LogP contribution < -0.4 is 15.2 Å². The largest absolute Gasteiger partial charge is 0.497 e. The van der Waals surface area contributed by atoms with Gasteiger partial charge in [0.2, 0.25) is 0 Å². The van der Waals surface area contributed by atoms with Crippen LogP contribution in [0, 0.1) is 5.92 Å². The summed E-state index contributed by atoms with van der Waals surface area (Å²) in [6.07, 6.45) is 0. The molecular weight excluding hydrogens is 204 g/mol. The molecule has 0 amide bonds. The van der Waals surface area contributed by atoms with Crippen LogP contribution in [0.3, 0.4) is 0 Å². The van der Waals surface area contributed by atoms with E-state index >= 15 is 0 Å². The number of amidine groups is 1. The van der Waals surface area contributed by atoms with Crippen LogP contribution in [0.2, 0.25) is 0 Å². The summed E-state index contributed by atoms with van der Waals surface area (Å²) in [6, 6.07) is 5.44. The number of nitrogens with zero attached hydrogens (tertiary/aromatic N) is 1. The second-order valence-corrected chi connectivity index (χ2v) is 3.73. The van der Waals surface area contributed by atoms with Crippen LogP contribution in [0.25, 0.3) is 0 Å². The molecule has 1 aromatic carbocycles. The molecule has 16 heavy (non-hydrogen) atoms. The molecule has 0 saturated heterocycles. The Hall–Kier alpha value is -1.71. The molecule has 0 radical (unpaired) electrons. The smallest absolute Gasteiger partial charge is 0.148 e. The van der Waals surface area contributed by atoms with Crippen molar-refractivity contribution < 1.29 is 9.47 Å². The topological polar surface area (TPSA) is 56.8 Å². The lowest BCUT2D eigenvalue weighted by Gasteiger charge is -2.09. The van der Waals surface area contributed by atoms with E-state index in [-0.39, 0.29) is 5.92 Å². The van der Waals surface area contributed by atoms with Gasteiger partial charge >= 0.3 is 0 Å². The quantitative estimate of drug-likeness (QED) is 0.628. The number of nitrogens with two attached hydrogens (primary N) is 1. The highest BCUT2D eigenvalue weighted by Gasteiger charge is 2.06. The number of benzene rings is 1. The normalized spacial score (nSPS) is 11.7. The van der Waals surface area contributed by atoms with Crippen LogP contribution in [-0.4, -0.2) is 20.1 Å². The summed E-state index contributed by atoms with van der Waals surface area (Å²) in [6.45, 7) is 3.99. The van der Waals surface area contributed by atoms with Crippen LogP contribution in [0.15, 0.2) is 23.2 Å². The highest BCUT2D eigenvalue weighted by atomic mass is 16.5. The Morgan fingerprint density at radius 1 is 1.25 bits per heavy atom. The number of hydrogen-bond acceptors (Lipinski definition) is 3. The van der Waals surface area contributed by atoms with E-state index in [1.807, 2.05) is 26.0 Å². The van der Waals surface area contributed by atoms with E-state index in [0.717, 1.165) is 11.4 Å². The van der Waals surface area contributed by atoms with Crippen molar-refractivity contribution in [3.05, 3.63) is 18.2 Å². The molecule has 0 unspecified atom stereocenters. The maximum Gasteiger partial charge on any atom is 0.148 e.